The molecule has 0 aliphatic carbocycles. The molecule has 24 heavy (non-hydrogen) atoms. The SMILES string of the molecule is Cc1ccc(OC(C(=O)N2CCOCC2)c2ccccc2)c(Br)c1. The van der Waals surface area contributed by atoms with Crippen molar-refractivity contribution >= 4 is 21.8 Å². The number of amides is 1. The van der Waals surface area contributed by atoms with Crippen molar-refractivity contribution in [2.75, 3.05) is 26.3 Å². The fourth-order valence-electron chi connectivity index (χ4n) is 2.67. The first kappa shape index (κ1) is 17.0. The largest absolute Gasteiger partial charge is 0.475 e. The summed E-state index contributed by atoms with van der Waals surface area (Å²) in [5, 5.41) is 0. The van der Waals surface area contributed by atoms with Crippen LogP contribution in [0.3, 0.4) is 0 Å². The van der Waals surface area contributed by atoms with Crippen LogP contribution in [0.2, 0.25) is 0 Å². The Labute approximate surface area is 150 Å². The maximum Gasteiger partial charge on any atom is 0.268 e. The molecule has 5 heteroatoms. The Morgan fingerprint density at radius 3 is 2.54 bits per heavy atom. The van der Waals surface area contributed by atoms with E-state index in [-0.39, 0.29) is 5.91 Å². The van der Waals surface area contributed by atoms with Gasteiger partial charge in [0.25, 0.3) is 5.91 Å². The smallest absolute Gasteiger partial charge is 0.268 e. The molecule has 0 spiro atoms. The molecule has 0 N–H and O–H groups in total. The average Bonchev–Trinajstić information content (AvgIpc) is 2.62. The molecule has 1 saturated heterocycles. The maximum atomic E-state index is 13.0. The topological polar surface area (TPSA) is 38.8 Å². The van der Waals surface area contributed by atoms with Crippen LogP contribution in [-0.4, -0.2) is 37.1 Å². The van der Waals surface area contributed by atoms with Crippen LogP contribution in [0.1, 0.15) is 17.2 Å². The fourth-order valence-corrected chi connectivity index (χ4v) is 3.25. The second-order valence-corrected chi connectivity index (χ2v) is 6.63. The van der Waals surface area contributed by atoms with Crippen molar-refractivity contribution < 1.29 is 14.3 Å². The zero-order valence-corrected chi connectivity index (χ0v) is 15.2. The van der Waals surface area contributed by atoms with Crippen LogP contribution < -0.4 is 4.74 Å². The van der Waals surface area contributed by atoms with Crippen LogP contribution in [0.15, 0.2) is 53.0 Å². The molecule has 1 aliphatic rings. The van der Waals surface area contributed by atoms with Crippen LogP contribution in [0.5, 0.6) is 5.75 Å². The Kier molecular flexibility index (Phi) is 5.53. The molecule has 1 fully saturated rings. The molecule has 0 saturated carbocycles. The first-order valence-electron chi connectivity index (χ1n) is 7.99. The third-order valence-corrected chi connectivity index (χ3v) is 4.60. The number of carbonyl (C=O) groups is 1. The Balaban J connectivity index is 1.88. The summed E-state index contributed by atoms with van der Waals surface area (Å²) in [6.07, 6.45) is -0.664. The van der Waals surface area contributed by atoms with Gasteiger partial charge in [-0.15, -0.1) is 0 Å². The van der Waals surface area contributed by atoms with Gasteiger partial charge < -0.3 is 14.4 Å². The molecule has 1 amide bonds. The van der Waals surface area contributed by atoms with Crippen molar-refractivity contribution in [3.8, 4) is 5.75 Å². The Bertz CT molecular complexity index is 699. The summed E-state index contributed by atoms with van der Waals surface area (Å²) in [4.78, 5) is 14.8. The number of aryl methyl sites for hydroxylation is 1. The van der Waals surface area contributed by atoms with E-state index in [0.29, 0.717) is 32.1 Å². The van der Waals surface area contributed by atoms with Gasteiger partial charge in [-0.3, -0.25) is 4.79 Å². The quantitative estimate of drug-likeness (QED) is 0.799. The predicted octanol–water partition coefficient (Wildman–Crippen LogP) is 3.74. The van der Waals surface area contributed by atoms with Gasteiger partial charge in [-0.05, 0) is 40.5 Å². The lowest BCUT2D eigenvalue weighted by Gasteiger charge is -2.31. The molecule has 1 heterocycles. The van der Waals surface area contributed by atoms with Crippen molar-refractivity contribution in [3.63, 3.8) is 0 Å². The second-order valence-electron chi connectivity index (χ2n) is 5.78. The summed E-state index contributed by atoms with van der Waals surface area (Å²) in [5.74, 6) is 0.632. The minimum absolute atomic E-state index is 0.0306. The van der Waals surface area contributed by atoms with Gasteiger partial charge in [0.15, 0.2) is 0 Å². The summed E-state index contributed by atoms with van der Waals surface area (Å²) < 4.78 is 12.3. The molecule has 0 bridgehead atoms. The summed E-state index contributed by atoms with van der Waals surface area (Å²) in [6, 6.07) is 15.5. The van der Waals surface area contributed by atoms with Crippen LogP contribution in [0.4, 0.5) is 0 Å². The summed E-state index contributed by atoms with van der Waals surface area (Å²) in [7, 11) is 0. The third-order valence-electron chi connectivity index (χ3n) is 3.98. The molecule has 3 rings (SSSR count). The molecular formula is C19H20BrNO3. The van der Waals surface area contributed by atoms with E-state index >= 15 is 0 Å². The summed E-state index contributed by atoms with van der Waals surface area (Å²) in [5.41, 5.74) is 1.98. The first-order chi connectivity index (χ1) is 11.6. The summed E-state index contributed by atoms with van der Waals surface area (Å²) >= 11 is 3.52. The van der Waals surface area contributed by atoms with Crippen molar-refractivity contribution in [1.82, 2.24) is 4.90 Å². The summed E-state index contributed by atoms with van der Waals surface area (Å²) in [6.45, 7) is 4.35. The van der Waals surface area contributed by atoms with Gasteiger partial charge in [0.2, 0.25) is 6.10 Å². The number of halogens is 1. The van der Waals surface area contributed by atoms with Gasteiger partial charge in [-0.1, -0.05) is 36.4 Å². The van der Waals surface area contributed by atoms with Crippen LogP contribution >= 0.6 is 15.9 Å². The minimum atomic E-state index is -0.664. The molecule has 0 aromatic heterocycles. The Morgan fingerprint density at radius 2 is 1.88 bits per heavy atom. The number of hydrogen-bond donors (Lipinski definition) is 0. The maximum absolute atomic E-state index is 13.0. The normalized spacial score (nSPS) is 15.8. The van der Waals surface area contributed by atoms with E-state index in [1.165, 1.54) is 0 Å². The highest BCUT2D eigenvalue weighted by atomic mass is 79.9. The molecular weight excluding hydrogens is 370 g/mol. The lowest BCUT2D eigenvalue weighted by Crippen LogP contribution is -2.44. The van der Waals surface area contributed by atoms with E-state index < -0.39 is 6.10 Å². The lowest BCUT2D eigenvalue weighted by atomic mass is 10.1. The van der Waals surface area contributed by atoms with Gasteiger partial charge in [0, 0.05) is 18.7 Å². The van der Waals surface area contributed by atoms with Crippen LogP contribution in [0, 0.1) is 6.92 Å². The van der Waals surface area contributed by atoms with Crippen molar-refractivity contribution in [3.05, 3.63) is 64.1 Å². The number of rotatable bonds is 4. The van der Waals surface area contributed by atoms with Gasteiger partial charge in [0.1, 0.15) is 5.75 Å². The highest BCUT2D eigenvalue weighted by molar-refractivity contribution is 9.10. The van der Waals surface area contributed by atoms with E-state index in [1.807, 2.05) is 60.4 Å². The Hall–Kier alpha value is -1.85. The molecule has 1 unspecified atom stereocenters. The number of morpholine rings is 1. The van der Waals surface area contributed by atoms with Crippen molar-refractivity contribution in [1.29, 1.82) is 0 Å². The molecule has 126 valence electrons. The fraction of sp³-hybridized carbons (Fsp3) is 0.316. The van der Waals surface area contributed by atoms with Gasteiger partial charge in [-0.2, -0.15) is 0 Å². The second kappa shape index (κ2) is 7.81. The highest BCUT2D eigenvalue weighted by Gasteiger charge is 2.29. The standard InChI is InChI=1S/C19H20BrNO3/c1-14-7-8-17(16(20)13-14)24-18(15-5-3-2-4-6-15)19(22)21-9-11-23-12-10-21/h2-8,13,18H,9-12H2,1H3. The number of hydrogen-bond acceptors (Lipinski definition) is 3. The van der Waals surface area contributed by atoms with E-state index in [4.69, 9.17) is 9.47 Å². The van der Waals surface area contributed by atoms with Gasteiger partial charge in [0.05, 0.1) is 17.7 Å². The molecule has 2 aromatic rings. The van der Waals surface area contributed by atoms with Crippen molar-refractivity contribution in [2.24, 2.45) is 0 Å². The van der Waals surface area contributed by atoms with Crippen LogP contribution in [0.25, 0.3) is 0 Å². The monoisotopic (exact) mass is 389 g/mol. The lowest BCUT2D eigenvalue weighted by molar-refractivity contribution is -0.143. The Morgan fingerprint density at radius 1 is 1.17 bits per heavy atom. The number of benzene rings is 2. The highest BCUT2D eigenvalue weighted by Crippen LogP contribution is 2.31. The first-order valence-corrected chi connectivity index (χ1v) is 8.79. The molecule has 1 aliphatic heterocycles. The minimum Gasteiger partial charge on any atom is -0.475 e. The number of nitrogens with zero attached hydrogens (tertiary/aromatic N) is 1. The average molecular weight is 390 g/mol. The molecule has 1 atom stereocenters. The molecule has 0 radical (unpaired) electrons. The predicted molar refractivity (Wildman–Crippen MR) is 96.1 cm³/mol. The zero-order chi connectivity index (χ0) is 16.9. The van der Waals surface area contributed by atoms with E-state index in [0.717, 1.165) is 15.6 Å². The van der Waals surface area contributed by atoms with E-state index in [2.05, 4.69) is 15.9 Å². The third kappa shape index (κ3) is 3.97. The van der Waals surface area contributed by atoms with Gasteiger partial charge >= 0.3 is 0 Å². The number of ether oxygens (including phenoxy) is 2. The molecule has 4 nitrogen and oxygen atoms in total. The van der Waals surface area contributed by atoms with Crippen LogP contribution in [-0.2, 0) is 9.53 Å². The van der Waals surface area contributed by atoms with Gasteiger partial charge in [-0.25, -0.2) is 0 Å². The van der Waals surface area contributed by atoms with E-state index in [9.17, 15) is 4.79 Å². The number of carbonyl (C=O) groups excluding carboxylic acids is 1. The van der Waals surface area contributed by atoms with Crippen molar-refractivity contribution in [2.45, 2.75) is 13.0 Å². The zero-order valence-electron chi connectivity index (χ0n) is 13.6. The van der Waals surface area contributed by atoms with E-state index in [1.54, 1.807) is 0 Å². The molecule has 2 aromatic carbocycles.